The number of rotatable bonds is 1. The van der Waals surface area contributed by atoms with Crippen LogP contribution < -0.4 is 10.6 Å². The lowest BCUT2D eigenvalue weighted by Crippen LogP contribution is -2.31. The molecule has 1 amide bonds. The van der Waals surface area contributed by atoms with Gasteiger partial charge in [-0.1, -0.05) is 18.2 Å². The van der Waals surface area contributed by atoms with Crippen molar-refractivity contribution in [3.8, 4) is 0 Å². The van der Waals surface area contributed by atoms with Gasteiger partial charge in [0.05, 0.1) is 5.52 Å². The zero-order chi connectivity index (χ0) is 15.5. The second-order valence-electron chi connectivity index (χ2n) is 5.22. The first kappa shape index (κ1) is 14.1. The van der Waals surface area contributed by atoms with Crippen LogP contribution in [0, 0.1) is 0 Å². The van der Waals surface area contributed by atoms with Crippen molar-refractivity contribution >= 4 is 22.5 Å². The molecule has 0 atom stereocenters. The molecule has 2 N–H and O–H groups in total. The molecule has 1 aliphatic rings. The number of hydrogen-bond acceptors (Lipinski definition) is 3. The molecule has 0 unspecified atom stereocenters. The number of nitrogens with zero attached hydrogens (tertiary/aromatic N) is 2. The minimum absolute atomic E-state index is 0.0499. The number of fused-ring (bicyclic) bond motifs is 1. The summed E-state index contributed by atoms with van der Waals surface area (Å²) < 4.78 is 0. The van der Waals surface area contributed by atoms with Gasteiger partial charge in [0, 0.05) is 35.1 Å². The zero-order valence-electron chi connectivity index (χ0n) is 12.4. The Morgan fingerprint density at radius 1 is 1.27 bits per heavy atom. The van der Waals surface area contributed by atoms with Gasteiger partial charge >= 0.3 is 0 Å². The summed E-state index contributed by atoms with van der Waals surface area (Å²) in [7, 11) is 0. The zero-order valence-corrected chi connectivity index (χ0v) is 12.4. The molecule has 2 aromatic rings. The molecule has 0 fully saturated rings. The van der Waals surface area contributed by atoms with Gasteiger partial charge in [0.1, 0.15) is 0 Å². The molecule has 0 saturated carbocycles. The van der Waals surface area contributed by atoms with E-state index in [2.05, 4.69) is 4.98 Å². The quantitative estimate of drug-likeness (QED) is 0.879. The molecule has 1 aliphatic heterocycles. The summed E-state index contributed by atoms with van der Waals surface area (Å²) in [5.74, 6) is -0.0499. The summed E-state index contributed by atoms with van der Waals surface area (Å²) in [5.41, 5.74) is 8.79. The van der Waals surface area contributed by atoms with E-state index in [1.165, 1.54) is 0 Å². The average Bonchev–Trinajstić information content (AvgIpc) is 2.58. The van der Waals surface area contributed by atoms with Crippen molar-refractivity contribution in [1.82, 2.24) is 4.98 Å². The van der Waals surface area contributed by atoms with Crippen LogP contribution in [0.4, 0.5) is 5.69 Å². The fourth-order valence-electron chi connectivity index (χ4n) is 2.45. The molecular weight excluding hydrogens is 274 g/mol. The summed E-state index contributed by atoms with van der Waals surface area (Å²) in [6, 6.07) is 9.71. The SMILES string of the molecule is C\C1=C/C(N)=C\C=C\CN(c2ccc3ncccc3c2)C1=O. The molecule has 0 saturated heterocycles. The van der Waals surface area contributed by atoms with Crippen molar-refractivity contribution in [2.24, 2.45) is 5.73 Å². The molecule has 22 heavy (non-hydrogen) atoms. The third-order valence-electron chi connectivity index (χ3n) is 3.58. The number of hydrogen-bond donors (Lipinski definition) is 1. The molecule has 2 heterocycles. The van der Waals surface area contributed by atoms with Crippen molar-refractivity contribution < 1.29 is 4.79 Å². The van der Waals surface area contributed by atoms with Gasteiger partial charge in [0.2, 0.25) is 0 Å². The van der Waals surface area contributed by atoms with Gasteiger partial charge in [-0.05, 0) is 43.3 Å². The van der Waals surface area contributed by atoms with E-state index >= 15 is 0 Å². The fraction of sp³-hybridized carbons (Fsp3) is 0.111. The van der Waals surface area contributed by atoms with Crippen molar-refractivity contribution in [2.75, 3.05) is 11.4 Å². The molecule has 1 aromatic heterocycles. The average molecular weight is 291 g/mol. The molecule has 4 heteroatoms. The Hall–Kier alpha value is -2.88. The smallest absolute Gasteiger partial charge is 0.254 e. The second-order valence-corrected chi connectivity index (χ2v) is 5.22. The summed E-state index contributed by atoms with van der Waals surface area (Å²) in [6.45, 7) is 2.28. The fourth-order valence-corrected chi connectivity index (χ4v) is 2.45. The molecule has 110 valence electrons. The number of aromatic nitrogens is 1. The van der Waals surface area contributed by atoms with Gasteiger partial charge in [-0.25, -0.2) is 0 Å². The lowest BCUT2D eigenvalue weighted by atomic mass is 10.1. The Labute approximate surface area is 129 Å². The highest BCUT2D eigenvalue weighted by Gasteiger charge is 2.17. The maximum Gasteiger partial charge on any atom is 0.254 e. The Balaban J connectivity index is 2.04. The first-order chi connectivity index (χ1) is 10.6. The van der Waals surface area contributed by atoms with Crippen LogP contribution in [-0.4, -0.2) is 17.4 Å². The van der Waals surface area contributed by atoms with Gasteiger partial charge in [0.15, 0.2) is 0 Å². The number of pyridine rings is 1. The van der Waals surface area contributed by atoms with Crippen LogP contribution in [0.2, 0.25) is 0 Å². The van der Waals surface area contributed by atoms with Crippen molar-refractivity contribution in [1.29, 1.82) is 0 Å². The monoisotopic (exact) mass is 291 g/mol. The summed E-state index contributed by atoms with van der Waals surface area (Å²) >= 11 is 0. The van der Waals surface area contributed by atoms with Crippen molar-refractivity contribution in [3.05, 3.63) is 72.1 Å². The van der Waals surface area contributed by atoms with Gasteiger partial charge in [0.25, 0.3) is 5.91 Å². The molecule has 4 nitrogen and oxygen atoms in total. The van der Waals surface area contributed by atoms with E-state index in [0.717, 1.165) is 16.6 Å². The molecule has 0 radical (unpaired) electrons. The van der Waals surface area contributed by atoms with Gasteiger partial charge in [-0.3, -0.25) is 9.78 Å². The maximum atomic E-state index is 12.7. The molecule has 3 rings (SSSR count). The van der Waals surface area contributed by atoms with E-state index in [1.807, 2.05) is 42.5 Å². The molecular formula is C18H17N3O. The highest BCUT2D eigenvalue weighted by molar-refractivity contribution is 6.06. The standard InChI is InChI=1S/C18H17N3O/c1-13-11-15(19)6-2-3-10-21(18(13)22)16-7-8-17-14(12-16)5-4-9-20-17/h2-9,11-12H,10,19H2,1H3/b3-2+,13-11+,15-6+. The lowest BCUT2D eigenvalue weighted by Gasteiger charge is -2.22. The predicted molar refractivity (Wildman–Crippen MR) is 89.3 cm³/mol. The largest absolute Gasteiger partial charge is 0.399 e. The van der Waals surface area contributed by atoms with Crippen LogP contribution in [0.5, 0.6) is 0 Å². The number of carbonyl (C=O) groups excluding carboxylic acids is 1. The van der Waals surface area contributed by atoms with E-state index in [0.29, 0.717) is 17.8 Å². The van der Waals surface area contributed by atoms with E-state index < -0.39 is 0 Å². The van der Waals surface area contributed by atoms with E-state index in [1.54, 1.807) is 30.2 Å². The second kappa shape index (κ2) is 5.85. The van der Waals surface area contributed by atoms with Gasteiger partial charge in [-0.2, -0.15) is 0 Å². The molecule has 0 spiro atoms. The number of carbonyl (C=O) groups is 1. The van der Waals surface area contributed by atoms with Gasteiger partial charge in [-0.15, -0.1) is 0 Å². The van der Waals surface area contributed by atoms with E-state index in [4.69, 9.17) is 5.73 Å². The van der Waals surface area contributed by atoms with Crippen LogP contribution in [0.3, 0.4) is 0 Å². The van der Waals surface area contributed by atoms with E-state index in [9.17, 15) is 4.79 Å². The molecule has 0 aliphatic carbocycles. The van der Waals surface area contributed by atoms with Crippen molar-refractivity contribution in [2.45, 2.75) is 6.92 Å². The Bertz CT molecular complexity index is 818. The Kier molecular flexibility index (Phi) is 3.74. The van der Waals surface area contributed by atoms with Crippen LogP contribution in [0.15, 0.2) is 72.1 Å². The molecule has 0 bridgehead atoms. The van der Waals surface area contributed by atoms with Gasteiger partial charge < -0.3 is 10.6 Å². The number of amides is 1. The maximum absolute atomic E-state index is 12.7. The highest BCUT2D eigenvalue weighted by atomic mass is 16.2. The molecule has 1 aromatic carbocycles. The van der Waals surface area contributed by atoms with Crippen LogP contribution >= 0.6 is 0 Å². The third-order valence-corrected chi connectivity index (χ3v) is 3.58. The first-order valence-electron chi connectivity index (χ1n) is 7.12. The minimum atomic E-state index is -0.0499. The predicted octanol–water partition coefficient (Wildman–Crippen LogP) is 2.93. The van der Waals surface area contributed by atoms with Crippen molar-refractivity contribution in [3.63, 3.8) is 0 Å². The number of allylic oxidation sites excluding steroid dienone is 3. The number of anilines is 1. The Morgan fingerprint density at radius 2 is 2.14 bits per heavy atom. The first-order valence-corrected chi connectivity index (χ1v) is 7.12. The van der Waals surface area contributed by atoms with Crippen LogP contribution in [-0.2, 0) is 4.79 Å². The summed E-state index contributed by atoms with van der Waals surface area (Å²) in [5, 5.41) is 1.01. The summed E-state index contributed by atoms with van der Waals surface area (Å²) in [4.78, 5) is 18.7. The summed E-state index contributed by atoms with van der Waals surface area (Å²) in [6.07, 6.45) is 9.05. The normalized spacial score (nSPS) is 22.0. The van der Waals surface area contributed by atoms with E-state index in [-0.39, 0.29) is 5.91 Å². The van der Waals surface area contributed by atoms with Crippen LogP contribution in [0.25, 0.3) is 10.9 Å². The minimum Gasteiger partial charge on any atom is -0.399 e. The Morgan fingerprint density at radius 3 is 3.00 bits per heavy atom. The lowest BCUT2D eigenvalue weighted by molar-refractivity contribution is -0.115. The number of benzene rings is 1. The third kappa shape index (κ3) is 2.76. The topological polar surface area (TPSA) is 59.2 Å². The van der Waals surface area contributed by atoms with Crippen LogP contribution in [0.1, 0.15) is 6.92 Å². The highest BCUT2D eigenvalue weighted by Crippen LogP contribution is 2.23. The number of nitrogens with two attached hydrogens (primary N) is 1.